The molecule has 1 aromatic rings. The van der Waals surface area contributed by atoms with Crippen LogP contribution in [0.4, 0.5) is 11.4 Å². The van der Waals surface area contributed by atoms with E-state index in [9.17, 15) is 19.7 Å². The van der Waals surface area contributed by atoms with Crippen LogP contribution in [0.25, 0.3) is 0 Å². The monoisotopic (exact) mass is 360 g/mol. The van der Waals surface area contributed by atoms with Crippen LogP contribution in [0.15, 0.2) is 18.2 Å². The lowest BCUT2D eigenvalue weighted by Gasteiger charge is -2.34. The number of piperidine rings is 1. The number of amides is 2. The zero-order valence-corrected chi connectivity index (χ0v) is 14.9. The highest BCUT2D eigenvalue weighted by molar-refractivity contribution is 5.99. The topological polar surface area (TPSA) is 95.8 Å². The summed E-state index contributed by atoms with van der Waals surface area (Å²) >= 11 is 0. The number of carbonyl (C=O) groups excluding carboxylic acids is 2. The van der Waals surface area contributed by atoms with Crippen LogP contribution in [-0.2, 0) is 4.79 Å². The second kappa shape index (κ2) is 7.72. The lowest BCUT2D eigenvalue weighted by molar-refractivity contribution is -0.385. The Morgan fingerprint density at radius 2 is 1.81 bits per heavy atom. The Hall–Kier alpha value is -2.64. The quantitative estimate of drug-likeness (QED) is 0.654. The summed E-state index contributed by atoms with van der Waals surface area (Å²) in [6.07, 6.45) is 3.50. The summed E-state index contributed by atoms with van der Waals surface area (Å²) in [5.41, 5.74) is 0.844. The molecule has 0 spiro atoms. The highest BCUT2D eigenvalue weighted by Gasteiger charge is 2.28. The second-order valence-electron chi connectivity index (χ2n) is 6.92. The van der Waals surface area contributed by atoms with E-state index in [0.717, 1.165) is 44.5 Å². The first kappa shape index (κ1) is 18.2. The molecule has 0 bridgehead atoms. The highest BCUT2D eigenvalue weighted by Crippen LogP contribution is 2.29. The van der Waals surface area contributed by atoms with Crippen molar-refractivity contribution in [1.82, 2.24) is 10.2 Å². The largest absolute Gasteiger partial charge is 0.371 e. The second-order valence-corrected chi connectivity index (χ2v) is 6.92. The Morgan fingerprint density at radius 1 is 1.15 bits per heavy atom. The number of hydrogen-bond donors (Lipinski definition) is 1. The normalized spacial score (nSPS) is 18.0. The van der Waals surface area contributed by atoms with Gasteiger partial charge < -0.3 is 15.1 Å². The van der Waals surface area contributed by atoms with Crippen LogP contribution in [0.3, 0.4) is 0 Å². The van der Waals surface area contributed by atoms with Gasteiger partial charge in [-0.25, -0.2) is 0 Å². The Balaban J connectivity index is 1.78. The summed E-state index contributed by atoms with van der Waals surface area (Å²) in [6, 6.07) is 4.95. The minimum atomic E-state index is -0.490. The molecule has 2 aliphatic heterocycles. The van der Waals surface area contributed by atoms with Crippen LogP contribution in [0.1, 0.15) is 43.0 Å². The van der Waals surface area contributed by atoms with Gasteiger partial charge >= 0.3 is 0 Å². The minimum absolute atomic E-state index is 0.0303. The number of likely N-dealkylation sites (tertiary alicyclic amines) is 1. The van der Waals surface area contributed by atoms with Gasteiger partial charge in [0.1, 0.15) is 5.56 Å². The molecule has 0 atom stereocenters. The number of hydrogen-bond acceptors (Lipinski definition) is 5. The van der Waals surface area contributed by atoms with Gasteiger partial charge in [-0.3, -0.25) is 19.7 Å². The van der Waals surface area contributed by atoms with E-state index in [1.165, 1.54) is 13.0 Å². The maximum atomic E-state index is 12.7. The van der Waals surface area contributed by atoms with Crippen molar-refractivity contribution in [2.24, 2.45) is 0 Å². The fourth-order valence-electron chi connectivity index (χ4n) is 3.71. The van der Waals surface area contributed by atoms with Crippen molar-refractivity contribution in [3.63, 3.8) is 0 Å². The van der Waals surface area contributed by atoms with E-state index in [2.05, 4.69) is 10.2 Å². The number of nitro benzene ring substituents is 1. The summed E-state index contributed by atoms with van der Waals surface area (Å²) in [7, 11) is 0. The standard InChI is InChI=1S/C18H24N4O4/c1-13(23)19-14-6-10-20(11-7-14)15-4-5-17(22(25)26)16(12-15)18(24)21-8-2-3-9-21/h4-5,12,14H,2-3,6-11H2,1H3,(H,19,23). The molecule has 140 valence electrons. The Labute approximate surface area is 152 Å². The van der Waals surface area contributed by atoms with Crippen LogP contribution in [-0.4, -0.2) is 53.9 Å². The van der Waals surface area contributed by atoms with E-state index >= 15 is 0 Å². The number of benzene rings is 1. The van der Waals surface area contributed by atoms with Crippen LogP contribution in [0.2, 0.25) is 0 Å². The predicted molar refractivity (Wildman–Crippen MR) is 97.3 cm³/mol. The van der Waals surface area contributed by atoms with Gasteiger partial charge in [-0.15, -0.1) is 0 Å². The zero-order chi connectivity index (χ0) is 18.7. The Bertz CT molecular complexity index is 707. The molecular weight excluding hydrogens is 336 g/mol. The lowest BCUT2D eigenvalue weighted by atomic mass is 10.0. The smallest absolute Gasteiger partial charge is 0.282 e. The van der Waals surface area contributed by atoms with Gasteiger partial charge in [-0.05, 0) is 37.8 Å². The van der Waals surface area contributed by atoms with Gasteiger partial charge in [0.25, 0.3) is 11.6 Å². The Kier molecular flexibility index (Phi) is 5.39. The van der Waals surface area contributed by atoms with E-state index in [4.69, 9.17) is 0 Å². The number of anilines is 1. The van der Waals surface area contributed by atoms with Crippen LogP contribution >= 0.6 is 0 Å². The van der Waals surface area contributed by atoms with Crippen molar-refractivity contribution in [1.29, 1.82) is 0 Å². The van der Waals surface area contributed by atoms with Crippen LogP contribution < -0.4 is 10.2 Å². The average molecular weight is 360 g/mol. The lowest BCUT2D eigenvalue weighted by Crippen LogP contribution is -2.44. The molecule has 8 nitrogen and oxygen atoms in total. The van der Waals surface area contributed by atoms with Gasteiger partial charge in [-0.2, -0.15) is 0 Å². The molecule has 0 aliphatic carbocycles. The fourth-order valence-corrected chi connectivity index (χ4v) is 3.71. The molecule has 2 amide bonds. The van der Waals surface area contributed by atoms with Gasteiger partial charge in [-0.1, -0.05) is 0 Å². The maximum absolute atomic E-state index is 12.7. The van der Waals surface area contributed by atoms with Crippen LogP contribution in [0.5, 0.6) is 0 Å². The van der Waals surface area contributed by atoms with Crippen molar-refractivity contribution in [2.45, 2.75) is 38.6 Å². The van der Waals surface area contributed by atoms with Gasteiger partial charge in [0.05, 0.1) is 4.92 Å². The summed E-state index contributed by atoms with van der Waals surface area (Å²) in [5.74, 6) is -0.290. The first-order valence-corrected chi connectivity index (χ1v) is 9.05. The molecule has 3 rings (SSSR count). The van der Waals surface area contributed by atoms with Crippen molar-refractivity contribution in [3.8, 4) is 0 Å². The highest BCUT2D eigenvalue weighted by atomic mass is 16.6. The molecule has 2 saturated heterocycles. The van der Waals surface area contributed by atoms with E-state index in [-0.39, 0.29) is 29.1 Å². The predicted octanol–water partition coefficient (Wildman–Crippen LogP) is 1.94. The number of nitro groups is 1. The van der Waals surface area contributed by atoms with Crippen molar-refractivity contribution in [3.05, 3.63) is 33.9 Å². The van der Waals surface area contributed by atoms with E-state index in [1.54, 1.807) is 17.0 Å². The van der Waals surface area contributed by atoms with Crippen molar-refractivity contribution < 1.29 is 14.5 Å². The molecule has 0 aromatic heterocycles. The SMILES string of the molecule is CC(=O)NC1CCN(c2ccc([N+](=O)[O-])c(C(=O)N3CCCC3)c2)CC1. The summed E-state index contributed by atoms with van der Waals surface area (Å²) in [6.45, 7) is 4.30. The molecule has 8 heteroatoms. The molecule has 26 heavy (non-hydrogen) atoms. The molecule has 2 heterocycles. The van der Waals surface area contributed by atoms with Gasteiger partial charge in [0, 0.05) is 50.9 Å². The van der Waals surface area contributed by atoms with E-state index < -0.39 is 4.92 Å². The molecule has 1 N–H and O–H groups in total. The van der Waals surface area contributed by atoms with Crippen molar-refractivity contribution >= 4 is 23.2 Å². The van der Waals surface area contributed by atoms with E-state index in [0.29, 0.717) is 13.1 Å². The molecule has 0 saturated carbocycles. The van der Waals surface area contributed by atoms with Crippen molar-refractivity contribution in [2.75, 3.05) is 31.1 Å². The molecule has 0 unspecified atom stereocenters. The summed E-state index contributed by atoms with van der Waals surface area (Å²) in [5, 5.41) is 14.3. The third kappa shape index (κ3) is 3.95. The first-order chi connectivity index (χ1) is 12.5. The minimum Gasteiger partial charge on any atom is -0.371 e. The van der Waals surface area contributed by atoms with Gasteiger partial charge in [0.15, 0.2) is 0 Å². The summed E-state index contributed by atoms with van der Waals surface area (Å²) < 4.78 is 0. The number of nitrogens with one attached hydrogen (secondary N) is 1. The summed E-state index contributed by atoms with van der Waals surface area (Å²) in [4.78, 5) is 38.6. The third-order valence-corrected chi connectivity index (χ3v) is 5.07. The molecule has 1 aromatic carbocycles. The van der Waals surface area contributed by atoms with Crippen LogP contribution in [0, 0.1) is 10.1 Å². The molecule has 0 radical (unpaired) electrons. The third-order valence-electron chi connectivity index (χ3n) is 5.07. The van der Waals surface area contributed by atoms with E-state index in [1.807, 2.05) is 0 Å². The first-order valence-electron chi connectivity index (χ1n) is 9.05. The molecule has 2 aliphatic rings. The zero-order valence-electron chi connectivity index (χ0n) is 14.9. The maximum Gasteiger partial charge on any atom is 0.282 e. The van der Waals surface area contributed by atoms with Gasteiger partial charge in [0.2, 0.25) is 5.91 Å². The molecule has 2 fully saturated rings. The number of carbonyl (C=O) groups is 2. The Morgan fingerprint density at radius 3 is 2.38 bits per heavy atom. The number of rotatable bonds is 4. The molecular formula is C18H24N4O4. The fraction of sp³-hybridized carbons (Fsp3) is 0.556. The number of nitrogens with zero attached hydrogens (tertiary/aromatic N) is 3. The average Bonchev–Trinajstić information content (AvgIpc) is 3.15.